The number of allylic oxidation sites excluding steroid dienone is 1. The van der Waals surface area contributed by atoms with E-state index in [4.69, 9.17) is 4.74 Å². The van der Waals surface area contributed by atoms with Crippen LogP contribution in [0, 0.1) is 0 Å². The van der Waals surface area contributed by atoms with Gasteiger partial charge in [0, 0.05) is 23.5 Å². The maximum Gasteiger partial charge on any atom is 0.187 e. The van der Waals surface area contributed by atoms with Gasteiger partial charge in [0.05, 0.1) is 6.61 Å². The molecule has 0 fully saturated rings. The van der Waals surface area contributed by atoms with Crippen LogP contribution in [-0.2, 0) is 6.42 Å². The van der Waals surface area contributed by atoms with E-state index in [1.54, 1.807) is 24.4 Å². The maximum atomic E-state index is 12.1. The fraction of sp³-hybridized carbons (Fsp3) is 0.211. The summed E-state index contributed by atoms with van der Waals surface area (Å²) < 4.78 is 5.36. The van der Waals surface area contributed by atoms with Crippen molar-refractivity contribution in [3.63, 3.8) is 0 Å². The second-order valence-corrected chi connectivity index (χ2v) is 4.81. The third kappa shape index (κ3) is 4.22. The monoisotopic (exact) mass is 295 g/mol. The highest BCUT2D eigenvalue weighted by Gasteiger charge is 2.02. The number of ether oxygens (including phenoxy) is 1. The van der Waals surface area contributed by atoms with Gasteiger partial charge in [-0.25, -0.2) is 0 Å². The molecule has 0 spiro atoms. The molecule has 0 saturated carbocycles. The third-order valence-electron chi connectivity index (χ3n) is 3.32. The Bertz CT molecular complexity index is 645. The Labute approximate surface area is 131 Å². The Kier molecular flexibility index (Phi) is 5.78. The normalized spacial score (nSPS) is 10.6. The van der Waals surface area contributed by atoms with E-state index in [-0.39, 0.29) is 5.78 Å². The molecule has 0 bridgehead atoms. The molecule has 0 amide bonds. The number of hydrogen-bond acceptors (Lipinski definition) is 3. The standard InChI is InChI=1S/C19H21NO2/c1-3-15-7-5-6-8-18(15)20-14-13-19(21)16-9-11-17(12-10-16)22-4-2/h5-14,20H,3-4H2,1-2H3. The second-order valence-electron chi connectivity index (χ2n) is 4.81. The van der Waals surface area contributed by atoms with Crippen molar-refractivity contribution in [2.45, 2.75) is 20.3 Å². The molecule has 1 N–H and O–H groups in total. The molecule has 0 heterocycles. The minimum absolute atomic E-state index is 0.0375. The highest BCUT2D eigenvalue weighted by Crippen LogP contribution is 2.16. The van der Waals surface area contributed by atoms with Gasteiger partial charge >= 0.3 is 0 Å². The van der Waals surface area contributed by atoms with Gasteiger partial charge in [0.2, 0.25) is 0 Å². The van der Waals surface area contributed by atoms with Crippen LogP contribution >= 0.6 is 0 Å². The van der Waals surface area contributed by atoms with Gasteiger partial charge in [0.25, 0.3) is 0 Å². The summed E-state index contributed by atoms with van der Waals surface area (Å²) in [5.74, 6) is 0.738. The van der Waals surface area contributed by atoms with E-state index < -0.39 is 0 Å². The van der Waals surface area contributed by atoms with Crippen molar-refractivity contribution >= 4 is 11.5 Å². The van der Waals surface area contributed by atoms with E-state index in [9.17, 15) is 4.79 Å². The van der Waals surface area contributed by atoms with Crippen molar-refractivity contribution in [3.8, 4) is 5.75 Å². The zero-order valence-electron chi connectivity index (χ0n) is 13.0. The fourth-order valence-electron chi connectivity index (χ4n) is 2.15. The molecule has 0 aliphatic rings. The first-order chi connectivity index (χ1) is 10.7. The average Bonchev–Trinajstić information content (AvgIpc) is 2.56. The first kappa shape index (κ1) is 15.8. The summed E-state index contributed by atoms with van der Waals surface area (Å²) in [5.41, 5.74) is 2.90. The molecule has 22 heavy (non-hydrogen) atoms. The van der Waals surface area contributed by atoms with Crippen LogP contribution in [0.4, 0.5) is 5.69 Å². The van der Waals surface area contributed by atoms with Gasteiger partial charge in [-0.05, 0) is 49.2 Å². The van der Waals surface area contributed by atoms with E-state index in [1.807, 2.05) is 37.3 Å². The first-order valence-electron chi connectivity index (χ1n) is 7.52. The van der Waals surface area contributed by atoms with Crippen molar-refractivity contribution < 1.29 is 9.53 Å². The lowest BCUT2D eigenvalue weighted by Gasteiger charge is -2.06. The molecule has 114 valence electrons. The lowest BCUT2D eigenvalue weighted by atomic mass is 10.1. The third-order valence-corrected chi connectivity index (χ3v) is 3.32. The highest BCUT2D eigenvalue weighted by molar-refractivity contribution is 6.04. The first-order valence-corrected chi connectivity index (χ1v) is 7.52. The van der Waals surface area contributed by atoms with Gasteiger partial charge in [-0.3, -0.25) is 4.79 Å². The number of benzene rings is 2. The zero-order chi connectivity index (χ0) is 15.8. The van der Waals surface area contributed by atoms with Gasteiger partial charge in [0.15, 0.2) is 5.78 Å². The van der Waals surface area contributed by atoms with Crippen LogP contribution in [0.3, 0.4) is 0 Å². The number of nitrogens with one attached hydrogen (secondary N) is 1. The van der Waals surface area contributed by atoms with Crippen LogP contribution in [0.15, 0.2) is 60.8 Å². The molecule has 0 aliphatic heterocycles. The van der Waals surface area contributed by atoms with Crippen molar-refractivity contribution in [2.24, 2.45) is 0 Å². The molecule has 0 aromatic heterocycles. The van der Waals surface area contributed by atoms with Gasteiger partial charge in [-0.2, -0.15) is 0 Å². The molecule has 0 aliphatic carbocycles. The summed E-state index contributed by atoms with van der Waals surface area (Å²) in [6.07, 6.45) is 4.18. The lowest BCUT2D eigenvalue weighted by molar-refractivity contribution is 0.104. The topological polar surface area (TPSA) is 38.3 Å². The maximum absolute atomic E-state index is 12.1. The smallest absolute Gasteiger partial charge is 0.187 e. The molecule has 3 nitrogen and oxygen atoms in total. The number of aryl methyl sites for hydroxylation is 1. The van der Waals surface area contributed by atoms with Crippen molar-refractivity contribution in [3.05, 3.63) is 71.9 Å². The number of anilines is 1. The van der Waals surface area contributed by atoms with E-state index in [0.29, 0.717) is 12.2 Å². The Balaban J connectivity index is 1.99. The summed E-state index contributed by atoms with van der Waals surface area (Å²) >= 11 is 0. The quantitative estimate of drug-likeness (QED) is 0.605. The molecule has 0 unspecified atom stereocenters. The van der Waals surface area contributed by atoms with E-state index in [0.717, 1.165) is 17.9 Å². The average molecular weight is 295 g/mol. The van der Waals surface area contributed by atoms with Crippen molar-refractivity contribution in [1.82, 2.24) is 0 Å². The lowest BCUT2D eigenvalue weighted by Crippen LogP contribution is -1.98. The molecular weight excluding hydrogens is 274 g/mol. The fourth-order valence-corrected chi connectivity index (χ4v) is 2.15. The number of carbonyl (C=O) groups is 1. The Morgan fingerprint density at radius 2 is 1.82 bits per heavy atom. The summed E-state index contributed by atoms with van der Waals surface area (Å²) in [6.45, 7) is 4.66. The van der Waals surface area contributed by atoms with E-state index >= 15 is 0 Å². The Morgan fingerprint density at radius 1 is 1.09 bits per heavy atom. The van der Waals surface area contributed by atoms with Crippen LogP contribution < -0.4 is 10.1 Å². The van der Waals surface area contributed by atoms with Gasteiger partial charge in [-0.15, -0.1) is 0 Å². The van der Waals surface area contributed by atoms with Crippen LogP contribution in [0.25, 0.3) is 0 Å². The van der Waals surface area contributed by atoms with Crippen molar-refractivity contribution in [1.29, 1.82) is 0 Å². The van der Waals surface area contributed by atoms with Crippen molar-refractivity contribution in [2.75, 3.05) is 11.9 Å². The number of ketones is 1. The molecule has 2 rings (SSSR count). The molecule has 2 aromatic rings. The molecule has 2 aromatic carbocycles. The van der Waals surface area contributed by atoms with E-state index in [1.165, 1.54) is 5.56 Å². The molecule has 0 atom stereocenters. The summed E-state index contributed by atoms with van der Waals surface area (Å²) in [5, 5.41) is 3.17. The molecule has 3 heteroatoms. The van der Waals surface area contributed by atoms with Crippen LogP contribution in [0.2, 0.25) is 0 Å². The van der Waals surface area contributed by atoms with E-state index in [2.05, 4.69) is 18.3 Å². The second kappa shape index (κ2) is 8.03. The summed E-state index contributed by atoms with van der Waals surface area (Å²) in [7, 11) is 0. The van der Waals surface area contributed by atoms with Crippen LogP contribution in [0.1, 0.15) is 29.8 Å². The van der Waals surface area contributed by atoms with Crippen LogP contribution in [-0.4, -0.2) is 12.4 Å². The molecule has 0 radical (unpaired) electrons. The Morgan fingerprint density at radius 3 is 2.50 bits per heavy atom. The zero-order valence-corrected chi connectivity index (χ0v) is 13.0. The predicted molar refractivity (Wildman–Crippen MR) is 90.5 cm³/mol. The van der Waals surface area contributed by atoms with Crippen LogP contribution in [0.5, 0.6) is 5.75 Å². The molecular formula is C19H21NO2. The number of hydrogen-bond donors (Lipinski definition) is 1. The predicted octanol–water partition coefficient (Wildman–Crippen LogP) is 4.46. The largest absolute Gasteiger partial charge is 0.494 e. The molecule has 0 saturated heterocycles. The van der Waals surface area contributed by atoms with Gasteiger partial charge in [0.1, 0.15) is 5.75 Å². The Hall–Kier alpha value is -2.55. The highest BCUT2D eigenvalue weighted by atomic mass is 16.5. The number of carbonyl (C=O) groups excluding carboxylic acids is 1. The minimum Gasteiger partial charge on any atom is -0.494 e. The van der Waals surface area contributed by atoms with Gasteiger partial charge in [-0.1, -0.05) is 25.1 Å². The summed E-state index contributed by atoms with van der Waals surface area (Å²) in [4.78, 5) is 12.1. The number of rotatable bonds is 7. The number of para-hydroxylation sites is 1. The SMILES string of the molecule is CCOc1ccc(C(=O)C=CNc2ccccc2CC)cc1. The summed E-state index contributed by atoms with van der Waals surface area (Å²) in [6, 6.07) is 15.2. The van der Waals surface area contributed by atoms with Gasteiger partial charge < -0.3 is 10.1 Å². The minimum atomic E-state index is -0.0375.